The lowest BCUT2D eigenvalue weighted by atomic mass is 9.97. The Kier molecular flexibility index (Phi) is 3.25. The van der Waals surface area contributed by atoms with Crippen LogP contribution in [-0.2, 0) is 6.42 Å². The van der Waals surface area contributed by atoms with E-state index in [4.69, 9.17) is 0 Å². The van der Waals surface area contributed by atoms with Crippen molar-refractivity contribution in [3.05, 3.63) is 54.1 Å². The molecule has 0 bridgehead atoms. The molecule has 0 fully saturated rings. The third-order valence-corrected chi connectivity index (χ3v) is 2.69. The largest absolute Gasteiger partial charge is 0.508 e. The van der Waals surface area contributed by atoms with Gasteiger partial charge in [0.25, 0.3) is 0 Å². The zero-order valence-corrected chi connectivity index (χ0v) is 9.48. The summed E-state index contributed by atoms with van der Waals surface area (Å²) in [5.41, 5.74) is 3.65. The number of hydrogen-bond donors (Lipinski definition) is 1. The first kappa shape index (κ1) is 10.7. The molecule has 1 N–H and O–H groups in total. The van der Waals surface area contributed by atoms with Crippen molar-refractivity contribution in [1.82, 2.24) is 0 Å². The van der Waals surface area contributed by atoms with Gasteiger partial charge in [-0.3, -0.25) is 0 Å². The molecule has 1 nitrogen and oxygen atoms in total. The summed E-state index contributed by atoms with van der Waals surface area (Å²) in [6.45, 7) is 2.18. The molecule has 0 heterocycles. The molecular weight excluding hydrogens is 196 g/mol. The van der Waals surface area contributed by atoms with Crippen LogP contribution in [0, 0.1) is 0 Å². The third kappa shape index (κ3) is 2.25. The summed E-state index contributed by atoms with van der Waals surface area (Å²) in [4.78, 5) is 0. The van der Waals surface area contributed by atoms with Gasteiger partial charge in [-0.1, -0.05) is 49.7 Å². The summed E-state index contributed by atoms with van der Waals surface area (Å²) < 4.78 is 0. The number of aryl methyl sites for hydroxylation is 1. The highest BCUT2D eigenvalue weighted by Gasteiger charge is 2.03. The van der Waals surface area contributed by atoms with E-state index in [2.05, 4.69) is 25.1 Å². The first-order chi connectivity index (χ1) is 7.81. The van der Waals surface area contributed by atoms with Gasteiger partial charge in [-0.25, -0.2) is 0 Å². The molecule has 0 amide bonds. The van der Waals surface area contributed by atoms with Crippen molar-refractivity contribution in [3.63, 3.8) is 0 Å². The summed E-state index contributed by atoms with van der Waals surface area (Å²) in [5.74, 6) is 0.323. The van der Waals surface area contributed by atoms with Crippen LogP contribution in [0.3, 0.4) is 0 Å². The maximum absolute atomic E-state index is 9.50. The Morgan fingerprint density at radius 2 is 1.81 bits per heavy atom. The Bertz CT molecular complexity index is 474. The highest BCUT2D eigenvalue weighted by atomic mass is 16.3. The molecule has 2 aromatic carbocycles. The summed E-state index contributed by atoms with van der Waals surface area (Å²) in [7, 11) is 0. The Morgan fingerprint density at radius 3 is 2.56 bits per heavy atom. The van der Waals surface area contributed by atoms with Gasteiger partial charge in [0.05, 0.1) is 0 Å². The van der Waals surface area contributed by atoms with E-state index >= 15 is 0 Å². The van der Waals surface area contributed by atoms with E-state index in [-0.39, 0.29) is 0 Å². The van der Waals surface area contributed by atoms with E-state index in [1.807, 2.05) is 24.3 Å². The molecule has 2 rings (SSSR count). The Hall–Kier alpha value is -1.76. The topological polar surface area (TPSA) is 20.2 Å². The van der Waals surface area contributed by atoms with Gasteiger partial charge in [-0.2, -0.15) is 0 Å². The van der Waals surface area contributed by atoms with Crippen LogP contribution in [0.2, 0.25) is 0 Å². The molecular formula is C15H16O. The van der Waals surface area contributed by atoms with Crippen LogP contribution in [0.5, 0.6) is 5.75 Å². The van der Waals surface area contributed by atoms with Gasteiger partial charge in [0, 0.05) is 0 Å². The van der Waals surface area contributed by atoms with Crippen LogP contribution >= 0.6 is 0 Å². The quantitative estimate of drug-likeness (QED) is 0.815. The molecule has 0 atom stereocenters. The van der Waals surface area contributed by atoms with Gasteiger partial charge in [0.2, 0.25) is 0 Å². The smallest absolute Gasteiger partial charge is 0.116 e. The lowest BCUT2D eigenvalue weighted by Crippen LogP contribution is -1.88. The first-order valence-corrected chi connectivity index (χ1v) is 5.68. The second kappa shape index (κ2) is 4.84. The van der Waals surface area contributed by atoms with Crippen molar-refractivity contribution >= 4 is 0 Å². The van der Waals surface area contributed by atoms with E-state index in [1.165, 1.54) is 11.1 Å². The molecule has 0 aromatic heterocycles. The number of phenols is 1. The standard InChI is InChI=1S/C15H16O/c1-2-6-12-7-3-4-10-15(12)13-8-5-9-14(16)11-13/h3-5,7-11,16H,2,6H2,1H3. The highest BCUT2D eigenvalue weighted by molar-refractivity contribution is 5.68. The van der Waals surface area contributed by atoms with Crippen molar-refractivity contribution in [3.8, 4) is 16.9 Å². The lowest BCUT2D eigenvalue weighted by molar-refractivity contribution is 0.475. The number of rotatable bonds is 3. The molecule has 82 valence electrons. The molecule has 0 spiro atoms. The van der Waals surface area contributed by atoms with Crippen LogP contribution in [0.4, 0.5) is 0 Å². The van der Waals surface area contributed by atoms with E-state index in [9.17, 15) is 5.11 Å². The fourth-order valence-corrected chi connectivity index (χ4v) is 1.96. The molecule has 0 unspecified atom stereocenters. The summed E-state index contributed by atoms with van der Waals surface area (Å²) in [6, 6.07) is 15.8. The van der Waals surface area contributed by atoms with Crippen LogP contribution < -0.4 is 0 Å². The van der Waals surface area contributed by atoms with Crippen molar-refractivity contribution < 1.29 is 5.11 Å². The summed E-state index contributed by atoms with van der Waals surface area (Å²) in [5, 5.41) is 9.50. The number of hydrogen-bond acceptors (Lipinski definition) is 1. The number of benzene rings is 2. The predicted molar refractivity (Wildman–Crippen MR) is 67.5 cm³/mol. The maximum atomic E-state index is 9.50. The molecule has 1 heteroatoms. The molecule has 0 saturated carbocycles. The average Bonchev–Trinajstić information content (AvgIpc) is 2.30. The van der Waals surface area contributed by atoms with E-state index < -0.39 is 0 Å². The maximum Gasteiger partial charge on any atom is 0.116 e. The minimum Gasteiger partial charge on any atom is -0.508 e. The molecule has 2 aromatic rings. The minimum atomic E-state index is 0.323. The number of aromatic hydroxyl groups is 1. The van der Waals surface area contributed by atoms with Gasteiger partial charge < -0.3 is 5.11 Å². The molecule has 0 saturated heterocycles. The molecule has 0 aliphatic carbocycles. The van der Waals surface area contributed by atoms with Crippen molar-refractivity contribution in [2.45, 2.75) is 19.8 Å². The Labute approximate surface area is 96.4 Å². The van der Waals surface area contributed by atoms with Crippen molar-refractivity contribution in [2.75, 3.05) is 0 Å². The second-order valence-corrected chi connectivity index (χ2v) is 3.96. The average molecular weight is 212 g/mol. The Balaban J connectivity index is 2.46. The van der Waals surface area contributed by atoms with Gasteiger partial charge in [0.15, 0.2) is 0 Å². The molecule has 0 aliphatic rings. The zero-order chi connectivity index (χ0) is 11.4. The normalized spacial score (nSPS) is 10.3. The van der Waals surface area contributed by atoms with Gasteiger partial charge in [0.1, 0.15) is 5.75 Å². The third-order valence-electron chi connectivity index (χ3n) is 2.69. The first-order valence-electron chi connectivity index (χ1n) is 5.68. The summed E-state index contributed by atoms with van der Waals surface area (Å²) in [6.07, 6.45) is 2.21. The highest BCUT2D eigenvalue weighted by Crippen LogP contribution is 2.27. The molecule has 0 radical (unpaired) electrons. The molecule has 0 aliphatic heterocycles. The van der Waals surface area contributed by atoms with Crippen LogP contribution in [0.1, 0.15) is 18.9 Å². The zero-order valence-electron chi connectivity index (χ0n) is 9.48. The van der Waals surface area contributed by atoms with Crippen LogP contribution in [-0.4, -0.2) is 5.11 Å². The van der Waals surface area contributed by atoms with Crippen molar-refractivity contribution in [1.29, 1.82) is 0 Å². The summed E-state index contributed by atoms with van der Waals surface area (Å²) >= 11 is 0. The Morgan fingerprint density at radius 1 is 1.00 bits per heavy atom. The fraction of sp³-hybridized carbons (Fsp3) is 0.200. The van der Waals surface area contributed by atoms with Crippen LogP contribution in [0.15, 0.2) is 48.5 Å². The minimum absolute atomic E-state index is 0.323. The molecule has 16 heavy (non-hydrogen) atoms. The van der Waals surface area contributed by atoms with Crippen molar-refractivity contribution in [2.24, 2.45) is 0 Å². The van der Waals surface area contributed by atoms with Gasteiger partial charge >= 0.3 is 0 Å². The fourth-order valence-electron chi connectivity index (χ4n) is 1.96. The number of phenolic OH excluding ortho intramolecular Hbond substituents is 1. The van der Waals surface area contributed by atoms with Gasteiger partial charge in [-0.05, 0) is 35.2 Å². The van der Waals surface area contributed by atoms with Gasteiger partial charge in [-0.15, -0.1) is 0 Å². The predicted octanol–water partition coefficient (Wildman–Crippen LogP) is 4.01. The van der Waals surface area contributed by atoms with Crippen LogP contribution in [0.25, 0.3) is 11.1 Å². The monoisotopic (exact) mass is 212 g/mol. The SMILES string of the molecule is CCCc1ccccc1-c1cccc(O)c1. The van der Waals surface area contributed by atoms with E-state index in [0.717, 1.165) is 18.4 Å². The van der Waals surface area contributed by atoms with E-state index in [1.54, 1.807) is 6.07 Å². The lowest BCUT2D eigenvalue weighted by Gasteiger charge is -2.08. The van der Waals surface area contributed by atoms with E-state index in [0.29, 0.717) is 5.75 Å². The second-order valence-electron chi connectivity index (χ2n) is 3.96.